The summed E-state index contributed by atoms with van der Waals surface area (Å²) in [6.07, 6.45) is 6.05. The molecule has 0 aromatic heterocycles. The van der Waals surface area contributed by atoms with Gasteiger partial charge in [0, 0.05) is 12.7 Å². The van der Waals surface area contributed by atoms with Crippen LogP contribution < -0.4 is 5.32 Å². The Morgan fingerprint density at radius 1 is 1.26 bits per heavy atom. The maximum Gasteiger partial charge on any atom is 0.328 e. The molecule has 1 aliphatic carbocycles. The van der Waals surface area contributed by atoms with Crippen molar-refractivity contribution in [1.29, 1.82) is 0 Å². The van der Waals surface area contributed by atoms with Crippen molar-refractivity contribution in [2.24, 2.45) is 5.41 Å². The number of amides is 1. The monoisotopic (exact) mass is 361 g/mol. The smallest absolute Gasteiger partial charge is 0.328 e. The molecule has 132 valence electrons. The van der Waals surface area contributed by atoms with Crippen molar-refractivity contribution in [3.63, 3.8) is 0 Å². The molecule has 5 nitrogen and oxygen atoms in total. The third-order valence-electron chi connectivity index (χ3n) is 4.08. The normalized spacial score (nSPS) is 17.5. The van der Waals surface area contributed by atoms with Crippen molar-refractivity contribution in [3.8, 4) is 0 Å². The van der Waals surface area contributed by atoms with Gasteiger partial charge in [-0.2, -0.15) is 11.8 Å². The Morgan fingerprint density at radius 2 is 1.91 bits per heavy atom. The lowest BCUT2D eigenvalue weighted by molar-refractivity contribution is -0.148. The molecule has 1 saturated carbocycles. The number of ether oxygens (including phenoxy) is 1. The molecule has 1 fully saturated rings. The van der Waals surface area contributed by atoms with E-state index in [1.54, 1.807) is 18.7 Å². The Bertz CT molecular complexity index is 422. The van der Waals surface area contributed by atoms with Crippen LogP contribution in [0.5, 0.6) is 0 Å². The Morgan fingerprint density at radius 3 is 2.43 bits per heavy atom. The number of nitrogens with one attached hydrogen (secondary N) is 1. The van der Waals surface area contributed by atoms with Gasteiger partial charge < -0.3 is 10.1 Å². The SMILES string of the molecule is CCOC(=O)[C@@H](CCSC)NC(=O)C1(CSC(C)=O)CCCC1. The van der Waals surface area contributed by atoms with Crippen LogP contribution in [0, 0.1) is 5.41 Å². The van der Waals surface area contributed by atoms with Gasteiger partial charge in [0.2, 0.25) is 5.91 Å². The number of hydrogen-bond acceptors (Lipinski definition) is 6. The Hall–Kier alpha value is -0.690. The molecule has 0 aromatic carbocycles. The van der Waals surface area contributed by atoms with Gasteiger partial charge in [0.15, 0.2) is 5.12 Å². The maximum atomic E-state index is 12.8. The number of rotatable bonds is 9. The standard InChI is InChI=1S/C16H27NO4S2/c1-4-21-14(19)13(7-10-22-3)17-15(20)16(8-5-6-9-16)11-23-12(2)18/h13H,4-11H2,1-3H3,(H,17,20)/t13-/m1/s1. The molecule has 0 saturated heterocycles. The first-order valence-electron chi connectivity index (χ1n) is 8.05. The zero-order chi connectivity index (χ0) is 17.3. The maximum absolute atomic E-state index is 12.8. The molecule has 0 radical (unpaired) electrons. The van der Waals surface area contributed by atoms with E-state index in [0.717, 1.165) is 31.4 Å². The van der Waals surface area contributed by atoms with Crippen molar-refractivity contribution in [1.82, 2.24) is 5.32 Å². The van der Waals surface area contributed by atoms with Crippen LogP contribution >= 0.6 is 23.5 Å². The van der Waals surface area contributed by atoms with Crippen LogP contribution in [0.3, 0.4) is 0 Å². The number of hydrogen-bond donors (Lipinski definition) is 1. The zero-order valence-electron chi connectivity index (χ0n) is 14.2. The van der Waals surface area contributed by atoms with Crippen molar-refractivity contribution >= 4 is 40.5 Å². The van der Waals surface area contributed by atoms with E-state index in [0.29, 0.717) is 18.8 Å². The van der Waals surface area contributed by atoms with Crippen molar-refractivity contribution in [2.45, 2.75) is 52.0 Å². The molecule has 0 aromatic rings. The van der Waals surface area contributed by atoms with Crippen LogP contribution in [0.25, 0.3) is 0 Å². The highest BCUT2D eigenvalue weighted by atomic mass is 32.2. The predicted octanol–water partition coefficient (Wildman–Crippen LogP) is 2.63. The first-order chi connectivity index (χ1) is 10.9. The molecule has 0 unspecified atom stereocenters. The van der Waals surface area contributed by atoms with E-state index in [9.17, 15) is 14.4 Å². The summed E-state index contributed by atoms with van der Waals surface area (Å²) >= 11 is 2.83. The molecule has 1 atom stereocenters. The summed E-state index contributed by atoms with van der Waals surface area (Å²) < 4.78 is 5.07. The topological polar surface area (TPSA) is 72.5 Å². The van der Waals surface area contributed by atoms with E-state index < -0.39 is 11.5 Å². The molecule has 1 amide bonds. The van der Waals surface area contributed by atoms with E-state index >= 15 is 0 Å². The third-order valence-corrected chi connectivity index (χ3v) is 5.83. The highest BCUT2D eigenvalue weighted by molar-refractivity contribution is 8.13. The highest BCUT2D eigenvalue weighted by Crippen LogP contribution is 2.41. The molecule has 0 heterocycles. The van der Waals surface area contributed by atoms with E-state index in [1.807, 2.05) is 6.26 Å². The van der Waals surface area contributed by atoms with Crippen molar-refractivity contribution in [2.75, 3.05) is 24.4 Å². The summed E-state index contributed by atoms with van der Waals surface area (Å²) in [5.74, 6) is 0.788. The number of carbonyl (C=O) groups is 3. The molecule has 1 rings (SSSR count). The van der Waals surface area contributed by atoms with Gasteiger partial charge in [-0.25, -0.2) is 4.79 Å². The van der Waals surface area contributed by atoms with Crippen LogP contribution in [0.15, 0.2) is 0 Å². The van der Waals surface area contributed by atoms with Gasteiger partial charge in [-0.15, -0.1) is 0 Å². The van der Waals surface area contributed by atoms with E-state index in [1.165, 1.54) is 18.7 Å². The minimum Gasteiger partial charge on any atom is -0.464 e. The summed E-state index contributed by atoms with van der Waals surface area (Å²) in [7, 11) is 0. The Balaban J connectivity index is 2.76. The van der Waals surface area contributed by atoms with Crippen LogP contribution in [0.1, 0.15) is 46.0 Å². The molecular formula is C16H27NO4S2. The second kappa shape index (κ2) is 10.2. The average Bonchev–Trinajstić information content (AvgIpc) is 2.99. The van der Waals surface area contributed by atoms with E-state index in [4.69, 9.17) is 4.74 Å². The zero-order valence-corrected chi connectivity index (χ0v) is 15.8. The summed E-state index contributed by atoms with van der Waals surface area (Å²) in [4.78, 5) is 36.2. The van der Waals surface area contributed by atoms with Crippen LogP contribution in [-0.4, -0.2) is 47.4 Å². The molecule has 0 aliphatic heterocycles. The average molecular weight is 362 g/mol. The molecule has 7 heteroatoms. The highest BCUT2D eigenvalue weighted by Gasteiger charge is 2.42. The van der Waals surface area contributed by atoms with Gasteiger partial charge in [0.25, 0.3) is 0 Å². The number of thioether (sulfide) groups is 2. The minimum absolute atomic E-state index is 0.0217. The molecule has 1 N–H and O–H groups in total. The number of esters is 1. The number of carbonyl (C=O) groups excluding carboxylic acids is 3. The van der Waals surface area contributed by atoms with Crippen LogP contribution in [0.2, 0.25) is 0 Å². The van der Waals surface area contributed by atoms with Gasteiger partial charge in [0.1, 0.15) is 6.04 Å². The molecule has 1 aliphatic rings. The van der Waals surface area contributed by atoms with Gasteiger partial charge in [0.05, 0.1) is 12.0 Å². The van der Waals surface area contributed by atoms with Gasteiger partial charge in [-0.3, -0.25) is 9.59 Å². The summed E-state index contributed by atoms with van der Waals surface area (Å²) in [6.45, 7) is 3.58. The summed E-state index contributed by atoms with van der Waals surface area (Å²) in [5.41, 5.74) is -0.527. The molecule has 23 heavy (non-hydrogen) atoms. The van der Waals surface area contributed by atoms with Crippen molar-refractivity contribution in [3.05, 3.63) is 0 Å². The lowest BCUT2D eigenvalue weighted by Gasteiger charge is -2.29. The largest absolute Gasteiger partial charge is 0.464 e. The summed E-state index contributed by atoms with van der Waals surface area (Å²) in [6, 6.07) is -0.602. The quantitative estimate of drug-likeness (QED) is 0.637. The summed E-state index contributed by atoms with van der Waals surface area (Å²) in [5, 5.41) is 2.91. The van der Waals surface area contributed by atoms with Crippen molar-refractivity contribution < 1.29 is 19.1 Å². The third kappa shape index (κ3) is 6.37. The first-order valence-corrected chi connectivity index (χ1v) is 10.4. The second-order valence-corrected chi connectivity index (χ2v) is 7.97. The molecule has 0 bridgehead atoms. The first kappa shape index (κ1) is 20.4. The van der Waals surface area contributed by atoms with Gasteiger partial charge in [-0.05, 0) is 38.2 Å². The Labute approximate surface area is 147 Å². The van der Waals surface area contributed by atoms with Crippen LogP contribution in [0.4, 0.5) is 0 Å². The van der Waals surface area contributed by atoms with E-state index in [2.05, 4.69) is 5.32 Å². The predicted molar refractivity (Wildman–Crippen MR) is 95.6 cm³/mol. The molecular weight excluding hydrogens is 334 g/mol. The fraction of sp³-hybridized carbons (Fsp3) is 0.812. The van der Waals surface area contributed by atoms with Gasteiger partial charge in [-0.1, -0.05) is 24.6 Å². The lowest BCUT2D eigenvalue weighted by atomic mass is 9.87. The molecule has 0 spiro atoms. The van der Waals surface area contributed by atoms with Gasteiger partial charge >= 0.3 is 5.97 Å². The minimum atomic E-state index is -0.602. The fourth-order valence-electron chi connectivity index (χ4n) is 2.77. The van der Waals surface area contributed by atoms with Crippen LogP contribution in [-0.2, 0) is 19.1 Å². The lowest BCUT2D eigenvalue weighted by Crippen LogP contribution is -2.49. The second-order valence-electron chi connectivity index (χ2n) is 5.83. The fourth-order valence-corrected chi connectivity index (χ4v) is 4.14. The Kier molecular flexibility index (Phi) is 9.06. The van der Waals surface area contributed by atoms with E-state index in [-0.39, 0.29) is 17.0 Å².